The minimum atomic E-state index is 0.263. The molecule has 3 rings (SSSR count). The molecule has 5 heteroatoms. The molecule has 3 aromatic rings. The molecule has 0 amide bonds. The third-order valence-electron chi connectivity index (χ3n) is 2.69. The van der Waals surface area contributed by atoms with Crippen molar-refractivity contribution in [1.29, 1.82) is 0 Å². The Kier molecular flexibility index (Phi) is 2.04. The van der Waals surface area contributed by atoms with Gasteiger partial charge in [-0.15, -0.1) is 0 Å². The molecule has 0 aliphatic heterocycles. The number of rotatable bonds is 1. The first-order valence-electron chi connectivity index (χ1n) is 5.28. The van der Waals surface area contributed by atoms with E-state index in [1.807, 2.05) is 41.8 Å². The first-order chi connectivity index (χ1) is 8.25. The molecular formula is C12H11N5. The van der Waals surface area contributed by atoms with E-state index in [4.69, 9.17) is 5.73 Å². The van der Waals surface area contributed by atoms with E-state index in [1.165, 1.54) is 0 Å². The third kappa shape index (κ3) is 1.52. The molecule has 0 atom stereocenters. The number of fused-ring (bicyclic) bond motifs is 1. The van der Waals surface area contributed by atoms with Gasteiger partial charge in [-0.05, 0) is 25.1 Å². The van der Waals surface area contributed by atoms with E-state index in [2.05, 4.69) is 15.0 Å². The largest absolute Gasteiger partial charge is 0.368 e. The number of imidazole rings is 1. The summed E-state index contributed by atoms with van der Waals surface area (Å²) in [5.74, 6) is 0.263. The lowest BCUT2D eigenvalue weighted by Crippen LogP contribution is -1.96. The summed E-state index contributed by atoms with van der Waals surface area (Å²) in [7, 11) is 0. The van der Waals surface area contributed by atoms with Gasteiger partial charge in [0.1, 0.15) is 11.3 Å². The molecule has 0 aromatic carbocycles. The zero-order valence-corrected chi connectivity index (χ0v) is 9.33. The number of nitrogens with two attached hydrogens (primary N) is 1. The highest BCUT2D eigenvalue weighted by Crippen LogP contribution is 2.21. The Labute approximate surface area is 98.0 Å². The number of pyridine rings is 1. The first-order valence-corrected chi connectivity index (χ1v) is 5.28. The topological polar surface area (TPSA) is 69.1 Å². The van der Waals surface area contributed by atoms with Crippen molar-refractivity contribution < 1.29 is 0 Å². The summed E-state index contributed by atoms with van der Waals surface area (Å²) in [6.07, 6.45) is 3.62. The van der Waals surface area contributed by atoms with E-state index in [0.717, 1.165) is 22.7 Å². The Balaban J connectivity index is 2.27. The molecule has 2 N–H and O–H groups in total. The highest BCUT2D eigenvalue weighted by molar-refractivity contribution is 5.63. The molecule has 3 heterocycles. The molecule has 0 radical (unpaired) electrons. The predicted molar refractivity (Wildman–Crippen MR) is 65.4 cm³/mol. The lowest BCUT2D eigenvalue weighted by molar-refractivity contribution is 1.11. The van der Waals surface area contributed by atoms with Gasteiger partial charge in [-0.2, -0.15) is 0 Å². The van der Waals surface area contributed by atoms with Gasteiger partial charge in [0.25, 0.3) is 0 Å². The molecule has 0 saturated carbocycles. The van der Waals surface area contributed by atoms with Gasteiger partial charge in [0.15, 0.2) is 0 Å². The second-order valence-electron chi connectivity index (χ2n) is 3.77. The zero-order valence-electron chi connectivity index (χ0n) is 9.33. The van der Waals surface area contributed by atoms with Crippen LogP contribution in [0.5, 0.6) is 0 Å². The van der Waals surface area contributed by atoms with Crippen LogP contribution in [0.25, 0.3) is 17.0 Å². The fourth-order valence-corrected chi connectivity index (χ4v) is 1.87. The van der Waals surface area contributed by atoms with Crippen LogP contribution in [0.3, 0.4) is 0 Å². The number of nitrogen functional groups attached to an aromatic ring is 1. The lowest BCUT2D eigenvalue weighted by Gasteiger charge is -1.98. The van der Waals surface area contributed by atoms with Crippen molar-refractivity contribution in [1.82, 2.24) is 19.4 Å². The highest BCUT2D eigenvalue weighted by Gasteiger charge is 2.11. The Bertz CT molecular complexity index is 686. The predicted octanol–water partition coefficient (Wildman–Crippen LogP) is 1.68. The Morgan fingerprint density at radius 2 is 2.06 bits per heavy atom. The van der Waals surface area contributed by atoms with Crippen molar-refractivity contribution in [2.75, 3.05) is 5.73 Å². The molecule has 0 saturated heterocycles. The molecule has 0 aliphatic carbocycles. The fraction of sp³-hybridized carbons (Fsp3) is 0.0833. The van der Waals surface area contributed by atoms with Crippen LogP contribution < -0.4 is 5.73 Å². The molecule has 84 valence electrons. The molecule has 0 bridgehead atoms. The second kappa shape index (κ2) is 3.55. The van der Waals surface area contributed by atoms with Crippen LogP contribution in [0.4, 0.5) is 5.95 Å². The van der Waals surface area contributed by atoms with Gasteiger partial charge in [0, 0.05) is 18.1 Å². The lowest BCUT2D eigenvalue weighted by atomic mass is 10.2. The molecule has 3 aromatic heterocycles. The second-order valence-corrected chi connectivity index (χ2v) is 3.77. The standard InChI is InChI=1S/C12H11N5/c1-8-11(9-5-6-14-12(13)15-9)16-10-4-2-3-7-17(8)10/h2-7H,1H3,(H2,13,14,15). The van der Waals surface area contributed by atoms with E-state index >= 15 is 0 Å². The summed E-state index contributed by atoms with van der Waals surface area (Å²) in [5.41, 5.74) is 9.11. The fourth-order valence-electron chi connectivity index (χ4n) is 1.87. The average molecular weight is 225 g/mol. The third-order valence-corrected chi connectivity index (χ3v) is 2.69. The summed E-state index contributed by atoms with van der Waals surface area (Å²) in [6, 6.07) is 7.70. The van der Waals surface area contributed by atoms with Crippen LogP contribution in [-0.2, 0) is 0 Å². The van der Waals surface area contributed by atoms with E-state index in [1.54, 1.807) is 6.20 Å². The minimum absolute atomic E-state index is 0.263. The number of hydrogen-bond acceptors (Lipinski definition) is 4. The molecule has 5 nitrogen and oxygen atoms in total. The van der Waals surface area contributed by atoms with Crippen molar-refractivity contribution in [3.05, 3.63) is 42.4 Å². The first kappa shape index (κ1) is 9.77. The molecular weight excluding hydrogens is 214 g/mol. The van der Waals surface area contributed by atoms with E-state index in [0.29, 0.717) is 0 Å². The van der Waals surface area contributed by atoms with Crippen molar-refractivity contribution in [2.24, 2.45) is 0 Å². The number of nitrogens with zero attached hydrogens (tertiary/aromatic N) is 4. The maximum absolute atomic E-state index is 5.58. The smallest absolute Gasteiger partial charge is 0.220 e. The van der Waals surface area contributed by atoms with Crippen LogP contribution in [0.2, 0.25) is 0 Å². The number of anilines is 1. The van der Waals surface area contributed by atoms with Gasteiger partial charge in [-0.25, -0.2) is 15.0 Å². The Hall–Kier alpha value is -2.43. The maximum Gasteiger partial charge on any atom is 0.220 e. The van der Waals surface area contributed by atoms with Gasteiger partial charge < -0.3 is 10.1 Å². The molecule has 0 aliphatic rings. The van der Waals surface area contributed by atoms with Gasteiger partial charge in [-0.3, -0.25) is 0 Å². The summed E-state index contributed by atoms with van der Waals surface area (Å²) < 4.78 is 2.02. The summed E-state index contributed by atoms with van der Waals surface area (Å²) >= 11 is 0. The van der Waals surface area contributed by atoms with Gasteiger partial charge >= 0.3 is 0 Å². The van der Waals surface area contributed by atoms with Crippen LogP contribution >= 0.6 is 0 Å². The van der Waals surface area contributed by atoms with Crippen LogP contribution in [0.15, 0.2) is 36.7 Å². The van der Waals surface area contributed by atoms with Crippen LogP contribution in [-0.4, -0.2) is 19.4 Å². The summed E-state index contributed by atoms with van der Waals surface area (Å²) in [6.45, 7) is 2.01. The van der Waals surface area contributed by atoms with Gasteiger partial charge in [0.05, 0.1) is 5.69 Å². The van der Waals surface area contributed by atoms with E-state index in [-0.39, 0.29) is 5.95 Å². The minimum Gasteiger partial charge on any atom is -0.368 e. The van der Waals surface area contributed by atoms with E-state index < -0.39 is 0 Å². The van der Waals surface area contributed by atoms with Gasteiger partial charge in [0.2, 0.25) is 5.95 Å². The normalized spacial score (nSPS) is 10.9. The Morgan fingerprint density at radius 3 is 2.82 bits per heavy atom. The van der Waals surface area contributed by atoms with Crippen molar-refractivity contribution in [3.63, 3.8) is 0 Å². The average Bonchev–Trinajstić information content (AvgIpc) is 2.68. The molecule has 17 heavy (non-hydrogen) atoms. The van der Waals surface area contributed by atoms with E-state index in [9.17, 15) is 0 Å². The molecule has 0 spiro atoms. The monoisotopic (exact) mass is 225 g/mol. The quantitative estimate of drug-likeness (QED) is 0.684. The van der Waals surface area contributed by atoms with Crippen molar-refractivity contribution in [2.45, 2.75) is 6.92 Å². The summed E-state index contributed by atoms with van der Waals surface area (Å²) in [5, 5.41) is 0. The van der Waals surface area contributed by atoms with Crippen molar-refractivity contribution in [3.8, 4) is 11.4 Å². The SMILES string of the molecule is Cc1c(-c2ccnc(N)n2)nc2ccccn12. The maximum atomic E-state index is 5.58. The van der Waals surface area contributed by atoms with Crippen LogP contribution in [0, 0.1) is 6.92 Å². The van der Waals surface area contributed by atoms with Gasteiger partial charge in [-0.1, -0.05) is 6.07 Å². The van der Waals surface area contributed by atoms with Crippen molar-refractivity contribution >= 4 is 11.6 Å². The number of aromatic nitrogens is 4. The van der Waals surface area contributed by atoms with Crippen LogP contribution in [0.1, 0.15) is 5.69 Å². The number of aryl methyl sites for hydroxylation is 1. The Morgan fingerprint density at radius 1 is 1.18 bits per heavy atom. The summed E-state index contributed by atoms with van der Waals surface area (Å²) in [4.78, 5) is 12.6. The zero-order chi connectivity index (χ0) is 11.8. The molecule has 0 unspecified atom stereocenters. The number of hydrogen-bond donors (Lipinski definition) is 1. The molecule has 0 fully saturated rings. The highest BCUT2D eigenvalue weighted by atomic mass is 15.0.